The van der Waals surface area contributed by atoms with Crippen molar-refractivity contribution in [3.05, 3.63) is 124 Å². The molecule has 0 saturated carbocycles. The molecule has 1 saturated heterocycles. The Morgan fingerprint density at radius 1 is 0.933 bits per heavy atom. The molecule has 1 fully saturated rings. The molecule has 1 unspecified atom stereocenters. The highest BCUT2D eigenvalue weighted by molar-refractivity contribution is 7.99. The van der Waals surface area contributed by atoms with Gasteiger partial charge in [-0.25, -0.2) is 18.4 Å². The van der Waals surface area contributed by atoms with Crippen LogP contribution in [0.15, 0.2) is 113 Å². The van der Waals surface area contributed by atoms with E-state index < -0.39 is 14.9 Å². The van der Waals surface area contributed by atoms with Gasteiger partial charge in [-0.2, -0.15) is 0 Å². The molecule has 316 valence electrons. The molecule has 2 aliphatic rings. The topological polar surface area (TPSA) is 137 Å². The third-order valence-corrected chi connectivity index (χ3v) is 14.3. The molecule has 1 aliphatic heterocycles. The molecular formula is C45H53ClN8O4S2. The first-order valence-corrected chi connectivity index (χ1v) is 23.4. The van der Waals surface area contributed by atoms with Gasteiger partial charge in [0.25, 0.3) is 15.7 Å². The van der Waals surface area contributed by atoms with Gasteiger partial charge < -0.3 is 15.1 Å². The monoisotopic (exact) mass is 868 g/mol. The number of piperazine rings is 1. The second kappa shape index (κ2) is 19.8. The van der Waals surface area contributed by atoms with Gasteiger partial charge in [-0.3, -0.25) is 19.7 Å². The summed E-state index contributed by atoms with van der Waals surface area (Å²) in [6.45, 7) is 9.55. The van der Waals surface area contributed by atoms with Crippen LogP contribution in [0.25, 0.3) is 16.5 Å². The van der Waals surface area contributed by atoms with E-state index >= 15 is 0 Å². The van der Waals surface area contributed by atoms with Crippen molar-refractivity contribution in [1.29, 1.82) is 0 Å². The van der Waals surface area contributed by atoms with Crippen LogP contribution in [-0.2, 0) is 10.0 Å². The first kappa shape index (κ1) is 43.4. The molecule has 0 radical (unpaired) electrons. The van der Waals surface area contributed by atoms with Gasteiger partial charge in [0.1, 0.15) is 12.0 Å². The van der Waals surface area contributed by atoms with Crippen molar-refractivity contribution in [2.75, 3.05) is 67.0 Å². The summed E-state index contributed by atoms with van der Waals surface area (Å²) in [5.41, 5.74) is 5.81. The number of fused-ring (bicyclic) bond motifs is 1. The predicted octanol–water partition coefficient (Wildman–Crippen LogP) is 9.45. The number of hydrogen-bond donors (Lipinski definition) is 2. The highest BCUT2D eigenvalue weighted by Crippen LogP contribution is 2.35. The van der Waals surface area contributed by atoms with Crippen LogP contribution in [0.3, 0.4) is 0 Å². The maximum absolute atomic E-state index is 13.8. The molecule has 1 aromatic heterocycles. The van der Waals surface area contributed by atoms with Gasteiger partial charge in [0.15, 0.2) is 5.82 Å². The Kier molecular flexibility index (Phi) is 14.3. The second-order valence-electron chi connectivity index (χ2n) is 15.9. The fraction of sp³-hybridized carbons (Fsp3) is 0.378. The Balaban J connectivity index is 1.02. The lowest BCUT2D eigenvalue weighted by Crippen LogP contribution is -2.47. The molecule has 1 aliphatic carbocycles. The molecule has 7 rings (SSSR count). The van der Waals surface area contributed by atoms with Crippen LogP contribution in [0.1, 0.15) is 51.5 Å². The summed E-state index contributed by atoms with van der Waals surface area (Å²) >= 11 is 7.85. The van der Waals surface area contributed by atoms with Gasteiger partial charge in [0.05, 0.1) is 15.3 Å². The average Bonchev–Trinajstić information content (AvgIpc) is 3.25. The number of allylic oxidation sites excluding steroid dienone is 1. The zero-order valence-corrected chi connectivity index (χ0v) is 36.8. The van der Waals surface area contributed by atoms with Gasteiger partial charge in [0.2, 0.25) is 0 Å². The standard InChI is InChI=1S/C45H53ClN8O4S2/c1-32(2)51(3)22-21-36(30-59-38-10-5-4-6-11-38)49-42-20-18-39(28-44(42)54(55)56)60(57,58)50-45-41-19-17-37(27-43(41)47-31-48-45)53-25-23-52(24-26-53)29-34-9-7-8-12-40(34)33-13-15-35(46)16-14-33/h4-6,10-11,13-20,27-28,31-32,36,49H,7-9,12,21-26,29-30H2,1-3H3,(H,47,48,50). The lowest BCUT2D eigenvalue weighted by atomic mass is 9.87. The number of thioether (sulfide) groups is 1. The highest BCUT2D eigenvalue weighted by Gasteiger charge is 2.26. The van der Waals surface area contributed by atoms with E-state index in [-0.39, 0.29) is 28.1 Å². The summed E-state index contributed by atoms with van der Waals surface area (Å²) in [5, 5.41) is 17.1. The Morgan fingerprint density at radius 3 is 2.42 bits per heavy atom. The van der Waals surface area contributed by atoms with Crippen molar-refractivity contribution in [2.45, 2.75) is 67.8 Å². The Hall–Kier alpha value is -4.73. The number of nitro groups is 1. The molecule has 2 heterocycles. The Bertz CT molecular complexity index is 2410. The van der Waals surface area contributed by atoms with Gasteiger partial charge in [-0.1, -0.05) is 47.5 Å². The fourth-order valence-corrected chi connectivity index (χ4v) is 9.95. The molecule has 60 heavy (non-hydrogen) atoms. The van der Waals surface area contributed by atoms with E-state index in [1.165, 1.54) is 48.0 Å². The number of nitrogens with one attached hydrogen (secondary N) is 2. The van der Waals surface area contributed by atoms with Crippen molar-refractivity contribution >= 4 is 72.7 Å². The minimum absolute atomic E-state index is 0.103. The smallest absolute Gasteiger partial charge is 0.293 e. The largest absolute Gasteiger partial charge is 0.376 e. The van der Waals surface area contributed by atoms with E-state index in [2.05, 4.69) is 67.7 Å². The molecule has 1 atom stereocenters. The van der Waals surface area contributed by atoms with E-state index in [9.17, 15) is 18.5 Å². The minimum Gasteiger partial charge on any atom is -0.376 e. The van der Waals surface area contributed by atoms with E-state index in [4.69, 9.17) is 11.6 Å². The Morgan fingerprint density at radius 2 is 1.68 bits per heavy atom. The van der Waals surface area contributed by atoms with Gasteiger partial charge in [-0.15, -0.1) is 11.8 Å². The van der Waals surface area contributed by atoms with Crippen molar-refractivity contribution in [1.82, 2.24) is 19.8 Å². The zero-order valence-electron chi connectivity index (χ0n) is 34.4. The Labute approximate surface area is 362 Å². The maximum atomic E-state index is 13.8. The van der Waals surface area contributed by atoms with E-state index in [1.54, 1.807) is 11.8 Å². The van der Waals surface area contributed by atoms with E-state index in [0.29, 0.717) is 22.7 Å². The summed E-state index contributed by atoms with van der Waals surface area (Å²) in [5.74, 6) is 0.768. The zero-order chi connectivity index (χ0) is 42.2. The van der Waals surface area contributed by atoms with Crippen LogP contribution < -0.4 is 14.9 Å². The highest BCUT2D eigenvalue weighted by atomic mass is 35.5. The van der Waals surface area contributed by atoms with Crippen LogP contribution >= 0.6 is 23.4 Å². The minimum atomic E-state index is -4.26. The molecule has 4 aromatic carbocycles. The molecule has 0 bridgehead atoms. The SMILES string of the molecule is CC(C)N(C)CCC(CSc1ccccc1)Nc1ccc(S(=O)(=O)Nc2ncnc3cc(N4CCN(CC5=C(c6ccc(Cl)cc6)CCCC5)CC4)ccc23)cc1[N+](=O)[O-]. The van der Waals surface area contributed by atoms with Gasteiger partial charge >= 0.3 is 0 Å². The molecular weight excluding hydrogens is 816 g/mol. The molecule has 12 nitrogen and oxygen atoms in total. The molecule has 15 heteroatoms. The van der Waals surface area contributed by atoms with Crippen molar-refractivity contribution in [3.63, 3.8) is 0 Å². The third-order valence-electron chi connectivity index (χ3n) is 11.5. The lowest BCUT2D eigenvalue weighted by Gasteiger charge is -2.37. The van der Waals surface area contributed by atoms with Crippen molar-refractivity contribution in [3.8, 4) is 0 Å². The van der Waals surface area contributed by atoms with Crippen LogP contribution in [0.4, 0.5) is 22.9 Å². The van der Waals surface area contributed by atoms with Gasteiger partial charge in [0, 0.05) is 84.2 Å². The number of nitrogens with zero attached hydrogens (tertiary/aromatic N) is 6. The number of benzene rings is 4. The van der Waals surface area contributed by atoms with Crippen LogP contribution in [0, 0.1) is 10.1 Å². The lowest BCUT2D eigenvalue weighted by molar-refractivity contribution is -0.384. The van der Waals surface area contributed by atoms with Crippen LogP contribution in [-0.4, -0.2) is 97.3 Å². The molecule has 0 amide bonds. The number of hydrogen-bond acceptors (Lipinski definition) is 11. The summed E-state index contributed by atoms with van der Waals surface area (Å²) in [6, 6.07) is 28.2. The number of anilines is 3. The molecule has 0 spiro atoms. The van der Waals surface area contributed by atoms with Crippen LogP contribution in [0.5, 0.6) is 0 Å². The number of sulfonamides is 1. The fourth-order valence-electron chi connectivity index (χ4n) is 7.79. The quantitative estimate of drug-likeness (QED) is 0.0526. The number of nitro benzene ring substituents is 1. The summed E-state index contributed by atoms with van der Waals surface area (Å²) < 4.78 is 30.2. The number of halogens is 1. The summed E-state index contributed by atoms with van der Waals surface area (Å²) in [4.78, 5) is 28.6. The average molecular weight is 870 g/mol. The normalized spacial score (nSPS) is 15.8. The summed E-state index contributed by atoms with van der Waals surface area (Å²) in [6.07, 6.45) is 6.73. The van der Waals surface area contributed by atoms with E-state index in [0.717, 1.165) is 80.2 Å². The molecule has 2 N–H and O–H groups in total. The third kappa shape index (κ3) is 11.0. The maximum Gasteiger partial charge on any atom is 0.293 e. The van der Waals surface area contributed by atoms with Crippen molar-refractivity contribution in [2.24, 2.45) is 0 Å². The first-order chi connectivity index (χ1) is 28.9. The van der Waals surface area contributed by atoms with Crippen molar-refractivity contribution < 1.29 is 13.3 Å². The second-order valence-corrected chi connectivity index (χ2v) is 19.1. The first-order valence-electron chi connectivity index (χ1n) is 20.6. The van der Waals surface area contributed by atoms with Gasteiger partial charge in [-0.05, 0) is 119 Å². The number of aromatic nitrogens is 2. The number of rotatable bonds is 17. The summed E-state index contributed by atoms with van der Waals surface area (Å²) in [7, 11) is -2.21. The molecule has 5 aromatic rings. The van der Waals surface area contributed by atoms with E-state index in [1.807, 2.05) is 60.7 Å². The van der Waals surface area contributed by atoms with Crippen LogP contribution in [0.2, 0.25) is 5.02 Å². The predicted molar refractivity (Wildman–Crippen MR) is 246 cm³/mol.